The summed E-state index contributed by atoms with van der Waals surface area (Å²) < 4.78 is 38.0. The molecule has 0 aliphatic rings. The van der Waals surface area contributed by atoms with Gasteiger partial charge >= 0.3 is 0 Å². The van der Waals surface area contributed by atoms with Crippen molar-refractivity contribution in [3.8, 4) is 11.5 Å². The molecule has 7 nitrogen and oxygen atoms in total. The molecule has 0 atom stereocenters. The number of rotatable bonds is 9. The molecule has 0 saturated carbocycles. The van der Waals surface area contributed by atoms with E-state index < -0.39 is 10.0 Å². The van der Waals surface area contributed by atoms with Crippen LogP contribution in [0, 0.1) is 0 Å². The second-order valence-corrected chi connectivity index (χ2v) is 8.53. The fourth-order valence-electron chi connectivity index (χ4n) is 2.77. The number of amides is 1. The first kappa shape index (κ1) is 22.7. The number of hydrogen-bond acceptors (Lipinski definition) is 5. The number of ether oxygens (including phenoxy) is 2. The number of hydrogen-bond donors (Lipinski definition) is 1. The molecule has 2 aromatic carbocycles. The van der Waals surface area contributed by atoms with Crippen LogP contribution < -0.4 is 14.8 Å². The fraction of sp³-hybridized carbons (Fsp3) is 0.381. The van der Waals surface area contributed by atoms with Crippen molar-refractivity contribution in [2.45, 2.75) is 38.7 Å². The van der Waals surface area contributed by atoms with Gasteiger partial charge in [-0.3, -0.25) is 4.79 Å². The van der Waals surface area contributed by atoms with Crippen molar-refractivity contribution in [1.29, 1.82) is 0 Å². The molecule has 0 radical (unpaired) electrons. The number of sulfonamides is 1. The molecule has 0 aromatic heterocycles. The SMILES string of the molecule is CCN(CC)S(=O)(=O)c1ccc(OC(C)C)c(NC(=O)c2ccc(OC)cc2)c1. The predicted molar refractivity (Wildman–Crippen MR) is 113 cm³/mol. The van der Waals surface area contributed by atoms with Crippen LogP contribution >= 0.6 is 0 Å². The molecule has 1 N–H and O–H groups in total. The summed E-state index contributed by atoms with van der Waals surface area (Å²) in [6.45, 7) is 7.99. The number of nitrogens with zero attached hydrogens (tertiary/aromatic N) is 1. The van der Waals surface area contributed by atoms with Gasteiger partial charge in [0.2, 0.25) is 10.0 Å². The molecule has 8 heteroatoms. The lowest BCUT2D eigenvalue weighted by Gasteiger charge is -2.20. The number of benzene rings is 2. The van der Waals surface area contributed by atoms with E-state index in [1.807, 2.05) is 13.8 Å². The van der Waals surface area contributed by atoms with E-state index in [0.29, 0.717) is 35.8 Å². The first-order chi connectivity index (χ1) is 13.7. The van der Waals surface area contributed by atoms with E-state index >= 15 is 0 Å². The Balaban J connectivity index is 2.42. The van der Waals surface area contributed by atoms with E-state index in [0.717, 1.165) is 0 Å². The Bertz CT molecular complexity index is 936. The van der Waals surface area contributed by atoms with Gasteiger partial charge in [-0.15, -0.1) is 0 Å². The van der Waals surface area contributed by atoms with Gasteiger partial charge in [0.1, 0.15) is 11.5 Å². The standard InChI is InChI=1S/C21H28N2O5S/c1-6-23(7-2)29(25,26)18-12-13-20(28-15(3)4)19(14-18)22-21(24)16-8-10-17(27-5)11-9-16/h8-15H,6-7H2,1-5H3,(H,22,24). The molecule has 29 heavy (non-hydrogen) atoms. The molecule has 2 rings (SSSR count). The van der Waals surface area contributed by atoms with Crippen LogP contribution in [0.25, 0.3) is 0 Å². The molecular weight excluding hydrogens is 392 g/mol. The average Bonchev–Trinajstić information content (AvgIpc) is 2.69. The molecule has 0 bridgehead atoms. The summed E-state index contributed by atoms with van der Waals surface area (Å²) in [4.78, 5) is 12.8. The molecule has 0 spiro atoms. The van der Waals surface area contributed by atoms with Crippen LogP contribution in [0.3, 0.4) is 0 Å². The van der Waals surface area contributed by atoms with E-state index in [9.17, 15) is 13.2 Å². The van der Waals surface area contributed by atoms with Crippen LogP contribution in [0.1, 0.15) is 38.1 Å². The molecule has 0 unspecified atom stereocenters. The third-order valence-electron chi connectivity index (χ3n) is 4.26. The highest BCUT2D eigenvalue weighted by Gasteiger charge is 2.23. The van der Waals surface area contributed by atoms with E-state index in [1.165, 1.54) is 16.4 Å². The van der Waals surface area contributed by atoms with Gasteiger partial charge in [-0.1, -0.05) is 13.8 Å². The first-order valence-electron chi connectivity index (χ1n) is 9.49. The van der Waals surface area contributed by atoms with Crippen molar-refractivity contribution >= 4 is 21.6 Å². The minimum absolute atomic E-state index is 0.0994. The lowest BCUT2D eigenvalue weighted by Crippen LogP contribution is -2.30. The van der Waals surface area contributed by atoms with E-state index in [-0.39, 0.29) is 16.9 Å². The maximum Gasteiger partial charge on any atom is 0.255 e. The minimum atomic E-state index is -3.67. The van der Waals surface area contributed by atoms with Crippen molar-refractivity contribution in [3.63, 3.8) is 0 Å². The van der Waals surface area contributed by atoms with Gasteiger partial charge in [-0.2, -0.15) is 4.31 Å². The fourth-order valence-corrected chi connectivity index (χ4v) is 4.26. The summed E-state index contributed by atoms with van der Waals surface area (Å²) in [5.41, 5.74) is 0.714. The van der Waals surface area contributed by atoms with Gasteiger partial charge in [0.05, 0.1) is 23.8 Å². The third kappa shape index (κ3) is 5.48. The summed E-state index contributed by atoms with van der Waals surface area (Å²) in [5, 5.41) is 2.77. The Morgan fingerprint density at radius 1 is 1.07 bits per heavy atom. The van der Waals surface area contributed by atoms with Crippen LogP contribution in [-0.4, -0.2) is 44.9 Å². The summed E-state index contributed by atoms with van der Waals surface area (Å²) in [5.74, 6) is 0.664. The largest absolute Gasteiger partial charge is 0.497 e. The molecule has 1 amide bonds. The average molecular weight is 421 g/mol. The second-order valence-electron chi connectivity index (χ2n) is 6.60. The van der Waals surface area contributed by atoms with Crippen LogP contribution in [0.4, 0.5) is 5.69 Å². The lowest BCUT2D eigenvalue weighted by atomic mass is 10.2. The maximum atomic E-state index is 12.9. The lowest BCUT2D eigenvalue weighted by molar-refractivity contribution is 0.102. The molecular formula is C21H28N2O5S. The van der Waals surface area contributed by atoms with Crippen molar-refractivity contribution in [2.24, 2.45) is 0 Å². The zero-order chi connectivity index (χ0) is 21.6. The van der Waals surface area contributed by atoms with Crippen molar-refractivity contribution in [3.05, 3.63) is 48.0 Å². The van der Waals surface area contributed by atoms with Crippen LogP contribution in [0.5, 0.6) is 11.5 Å². The van der Waals surface area contributed by atoms with Crippen molar-refractivity contribution in [1.82, 2.24) is 4.31 Å². The zero-order valence-electron chi connectivity index (χ0n) is 17.4. The monoisotopic (exact) mass is 420 g/mol. The Morgan fingerprint density at radius 2 is 1.69 bits per heavy atom. The van der Waals surface area contributed by atoms with Gasteiger partial charge in [-0.25, -0.2) is 8.42 Å². The van der Waals surface area contributed by atoms with Crippen molar-refractivity contribution in [2.75, 3.05) is 25.5 Å². The highest BCUT2D eigenvalue weighted by Crippen LogP contribution is 2.30. The van der Waals surface area contributed by atoms with Crippen LogP contribution in [0.15, 0.2) is 47.4 Å². The molecule has 0 heterocycles. The summed E-state index contributed by atoms with van der Waals surface area (Å²) in [6, 6.07) is 11.1. The Morgan fingerprint density at radius 3 is 2.21 bits per heavy atom. The second kappa shape index (κ2) is 9.76. The minimum Gasteiger partial charge on any atom is -0.497 e. The number of methoxy groups -OCH3 is 1. The highest BCUT2D eigenvalue weighted by atomic mass is 32.2. The summed E-state index contributed by atoms with van der Waals surface area (Å²) in [6.07, 6.45) is -0.142. The Hall–Kier alpha value is -2.58. The van der Waals surface area contributed by atoms with Gasteiger partial charge in [0, 0.05) is 18.7 Å². The molecule has 0 fully saturated rings. The molecule has 0 aliphatic carbocycles. The number of carbonyl (C=O) groups excluding carboxylic acids is 1. The smallest absolute Gasteiger partial charge is 0.255 e. The quantitative estimate of drug-likeness (QED) is 0.668. The number of carbonyl (C=O) groups is 1. The third-order valence-corrected chi connectivity index (χ3v) is 6.30. The summed E-state index contributed by atoms with van der Waals surface area (Å²) in [7, 11) is -2.12. The van der Waals surface area contributed by atoms with E-state index in [4.69, 9.17) is 9.47 Å². The molecule has 2 aromatic rings. The maximum absolute atomic E-state index is 12.9. The normalized spacial score (nSPS) is 11.6. The van der Waals surface area contributed by atoms with Crippen molar-refractivity contribution < 1.29 is 22.7 Å². The summed E-state index contributed by atoms with van der Waals surface area (Å²) >= 11 is 0. The van der Waals surface area contributed by atoms with Gasteiger partial charge in [0.15, 0.2) is 0 Å². The Labute approximate surface area is 172 Å². The van der Waals surface area contributed by atoms with E-state index in [2.05, 4.69) is 5.32 Å². The molecule has 158 valence electrons. The predicted octanol–water partition coefficient (Wildman–Crippen LogP) is 3.77. The molecule has 0 aliphatic heterocycles. The molecule has 0 saturated heterocycles. The van der Waals surface area contributed by atoms with Gasteiger partial charge in [-0.05, 0) is 56.3 Å². The van der Waals surface area contributed by atoms with Crippen LogP contribution in [-0.2, 0) is 10.0 Å². The van der Waals surface area contributed by atoms with Gasteiger partial charge in [0.25, 0.3) is 5.91 Å². The number of nitrogens with one attached hydrogen (secondary N) is 1. The topological polar surface area (TPSA) is 84.9 Å². The van der Waals surface area contributed by atoms with E-state index in [1.54, 1.807) is 51.3 Å². The number of anilines is 1. The highest BCUT2D eigenvalue weighted by molar-refractivity contribution is 7.89. The van der Waals surface area contributed by atoms with Crippen LogP contribution in [0.2, 0.25) is 0 Å². The Kier molecular flexibility index (Phi) is 7.64. The first-order valence-corrected chi connectivity index (χ1v) is 10.9. The zero-order valence-corrected chi connectivity index (χ0v) is 18.2. The van der Waals surface area contributed by atoms with Gasteiger partial charge < -0.3 is 14.8 Å².